The molecule has 0 saturated carbocycles. The van der Waals surface area contributed by atoms with Gasteiger partial charge in [-0.3, -0.25) is 4.99 Å². The van der Waals surface area contributed by atoms with E-state index in [4.69, 9.17) is 0 Å². The van der Waals surface area contributed by atoms with Gasteiger partial charge in [-0.15, -0.1) is 0 Å². The van der Waals surface area contributed by atoms with Gasteiger partial charge in [0.15, 0.2) is 0 Å². The first-order valence-corrected chi connectivity index (χ1v) is 9.08. The molecule has 0 aromatic heterocycles. The summed E-state index contributed by atoms with van der Waals surface area (Å²) in [5.74, 6) is 0.276. The zero-order valence-corrected chi connectivity index (χ0v) is 13.7. The van der Waals surface area contributed by atoms with Crippen LogP contribution in [0, 0.1) is 0 Å². The predicted molar refractivity (Wildman–Crippen MR) is 92.2 cm³/mol. The summed E-state index contributed by atoms with van der Waals surface area (Å²) in [5.41, 5.74) is 2.73. The Labute approximate surface area is 136 Å². The number of guanidine groups is 1. The molecule has 1 aliphatic rings. The molecule has 0 fully saturated rings. The van der Waals surface area contributed by atoms with Crippen LogP contribution in [-0.2, 0) is 22.9 Å². The fourth-order valence-corrected chi connectivity index (χ4v) is 3.66. The zero-order valence-electron chi connectivity index (χ0n) is 12.9. The molecule has 3 rings (SSSR count). The molecule has 0 aliphatic carbocycles. The minimum absolute atomic E-state index is 0.276. The third kappa shape index (κ3) is 3.53. The van der Waals surface area contributed by atoms with Crippen LogP contribution in [0.4, 0.5) is 5.69 Å². The fourth-order valence-electron chi connectivity index (χ4n) is 2.46. The second-order valence-electron chi connectivity index (χ2n) is 5.38. The van der Waals surface area contributed by atoms with Gasteiger partial charge in [0.25, 0.3) is 10.0 Å². The van der Waals surface area contributed by atoms with Gasteiger partial charge in [-0.25, -0.2) is 13.1 Å². The molecule has 6 heteroatoms. The summed E-state index contributed by atoms with van der Waals surface area (Å²) in [6.07, 6.45) is 1.55. The number of aryl methyl sites for hydroxylation is 1. The minimum Gasteiger partial charge on any atom is -0.324 e. The lowest BCUT2D eigenvalue weighted by atomic mass is 10.1. The third-order valence-electron chi connectivity index (χ3n) is 3.74. The Morgan fingerprint density at radius 2 is 1.83 bits per heavy atom. The molecule has 5 nitrogen and oxygen atoms in total. The predicted octanol–water partition coefficient (Wildman–Crippen LogP) is 2.55. The second kappa shape index (κ2) is 6.42. The van der Waals surface area contributed by atoms with E-state index in [0.29, 0.717) is 12.2 Å². The molecular weight excluding hydrogens is 310 g/mol. The number of hydrogen-bond acceptors (Lipinski definition) is 3. The van der Waals surface area contributed by atoms with Crippen molar-refractivity contribution in [2.45, 2.75) is 24.7 Å². The highest BCUT2D eigenvalue weighted by molar-refractivity contribution is 7.90. The highest BCUT2D eigenvalue weighted by Gasteiger charge is 2.26. The van der Waals surface area contributed by atoms with Crippen molar-refractivity contribution >= 4 is 21.7 Å². The van der Waals surface area contributed by atoms with E-state index in [1.165, 1.54) is 5.56 Å². The molecule has 120 valence electrons. The van der Waals surface area contributed by atoms with Gasteiger partial charge in [-0.2, -0.15) is 0 Å². The first kappa shape index (κ1) is 15.6. The van der Waals surface area contributed by atoms with Crippen LogP contribution in [0.5, 0.6) is 0 Å². The van der Waals surface area contributed by atoms with Gasteiger partial charge in [0.1, 0.15) is 4.90 Å². The lowest BCUT2D eigenvalue weighted by molar-refractivity contribution is 0.591. The van der Waals surface area contributed by atoms with Crippen molar-refractivity contribution in [1.29, 1.82) is 0 Å². The summed E-state index contributed by atoms with van der Waals surface area (Å²) in [5, 5.41) is 3.05. The topological polar surface area (TPSA) is 70.6 Å². The van der Waals surface area contributed by atoms with E-state index in [1.807, 2.05) is 43.3 Å². The molecule has 0 saturated heterocycles. The van der Waals surface area contributed by atoms with Crippen molar-refractivity contribution in [2.24, 2.45) is 4.99 Å². The normalized spacial score (nSPS) is 17.2. The Morgan fingerprint density at radius 1 is 1.04 bits per heavy atom. The Bertz CT molecular complexity index is 830. The highest BCUT2D eigenvalue weighted by atomic mass is 32.2. The van der Waals surface area contributed by atoms with Gasteiger partial charge in [0.05, 0.1) is 5.69 Å². The summed E-state index contributed by atoms with van der Waals surface area (Å²) in [7, 11) is -3.56. The Balaban J connectivity index is 1.77. The number of hydrogen-bond donors (Lipinski definition) is 2. The lowest BCUT2D eigenvalue weighted by Gasteiger charge is -2.22. The molecule has 1 heterocycles. The van der Waals surface area contributed by atoms with Crippen molar-refractivity contribution in [3.8, 4) is 0 Å². The zero-order chi connectivity index (χ0) is 16.3. The van der Waals surface area contributed by atoms with Crippen LogP contribution in [0.1, 0.15) is 18.1 Å². The first-order valence-electron chi connectivity index (χ1n) is 7.59. The van der Waals surface area contributed by atoms with E-state index in [-0.39, 0.29) is 10.9 Å². The molecule has 0 bridgehead atoms. The lowest BCUT2D eigenvalue weighted by Crippen LogP contribution is -2.41. The van der Waals surface area contributed by atoms with Crippen molar-refractivity contribution in [2.75, 3.05) is 11.9 Å². The van der Waals surface area contributed by atoms with E-state index in [0.717, 1.165) is 18.4 Å². The van der Waals surface area contributed by atoms with Crippen molar-refractivity contribution in [3.05, 3.63) is 59.7 Å². The molecule has 2 aromatic carbocycles. The van der Waals surface area contributed by atoms with Gasteiger partial charge in [-0.1, -0.05) is 43.3 Å². The number of fused-ring (bicyclic) bond motifs is 1. The van der Waals surface area contributed by atoms with E-state index < -0.39 is 10.0 Å². The molecule has 0 radical (unpaired) electrons. The molecule has 2 aromatic rings. The Morgan fingerprint density at radius 3 is 2.57 bits per heavy atom. The Hall–Kier alpha value is -2.34. The smallest absolute Gasteiger partial charge is 0.266 e. The summed E-state index contributed by atoms with van der Waals surface area (Å²) < 4.78 is 27.2. The SMILES string of the molecule is CCc1ccc2c(c1)S(=O)(=O)NC(=NCCc1ccccc1)N2. The maximum Gasteiger partial charge on any atom is 0.266 e. The van der Waals surface area contributed by atoms with Crippen molar-refractivity contribution in [3.63, 3.8) is 0 Å². The molecule has 1 aliphatic heterocycles. The van der Waals surface area contributed by atoms with Gasteiger partial charge in [0, 0.05) is 6.54 Å². The van der Waals surface area contributed by atoms with Crippen molar-refractivity contribution < 1.29 is 8.42 Å². The summed E-state index contributed by atoms with van der Waals surface area (Å²) in [6, 6.07) is 15.4. The van der Waals surface area contributed by atoms with Crippen LogP contribution in [-0.4, -0.2) is 20.9 Å². The number of nitrogens with zero attached hydrogens (tertiary/aromatic N) is 1. The summed E-state index contributed by atoms with van der Waals surface area (Å²) in [6.45, 7) is 2.51. The van der Waals surface area contributed by atoms with Crippen LogP contribution in [0.3, 0.4) is 0 Å². The highest BCUT2D eigenvalue weighted by Crippen LogP contribution is 2.26. The monoisotopic (exact) mass is 329 g/mol. The maximum atomic E-state index is 12.4. The Kier molecular flexibility index (Phi) is 4.34. The van der Waals surface area contributed by atoms with Crippen LogP contribution < -0.4 is 10.0 Å². The number of anilines is 1. The number of nitrogens with one attached hydrogen (secondary N) is 2. The number of sulfonamides is 1. The third-order valence-corrected chi connectivity index (χ3v) is 5.12. The van der Waals surface area contributed by atoms with E-state index >= 15 is 0 Å². The number of benzene rings is 2. The molecule has 0 atom stereocenters. The fraction of sp³-hybridized carbons (Fsp3) is 0.235. The summed E-state index contributed by atoms with van der Waals surface area (Å²) in [4.78, 5) is 4.61. The van der Waals surface area contributed by atoms with Gasteiger partial charge >= 0.3 is 0 Å². The van der Waals surface area contributed by atoms with Crippen LogP contribution in [0.15, 0.2) is 58.4 Å². The van der Waals surface area contributed by atoms with Crippen LogP contribution >= 0.6 is 0 Å². The van der Waals surface area contributed by atoms with E-state index in [1.54, 1.807) is 12.1 Å². The minimum atomic E-state index is -3.56. The van der Waals surface area contributed by atoms with Gasteiger partial charge < -0.3 is 5.32 Å². The van der Waals surface area contributed by atoms with E-state index in [9.17, 15) is 8.42 Å². The molecule has 23 heavy (non-hydrogen) atoms. The molecular formula is C17H19N3O2S. The molecule has 0 spiro atoms. The maximum absolute atomic E-state index is 12.4. The number of aliphatic imine (C=N–C) groups is 1. The quantitative estimate of drug-likeness (QED) is 0.905. The van der Waals surface area contributed by atoms with Gasteiger partial charge in [0.2, 0.25) is 5.96 Å². The largest absolute Gasteiger partial charge is 0.324 e. The molecule has 0 amide bonds. The summed E-state index contributed by atoms with van der Waals surface area (Å²) >= 11 is 0. The van der Waals surface area contributed by atoms with Crippen LogP contribution in [0.25, 0.3) is 0 Å². The van der Waals surface area contributed by atoms with Gasteiger partial charge in [-0.05, 0) is 36.1 Å². The average molecular weight is 329 g/mol. The van der Waals surface area contributed by atoms with E-state index in [2.05, 4.69) is 15.0 Å². The second-order valence-corrected chi connectivity index (χ2v) is 7.03. The average Bonchev–Trinajstić information content (AvgIpc) is 2.55. The molecule has 2 N–H and O–H groups in total. The first-order chi connectivity index (χ1) is 11.1. The van der Waals surface area contributed by atoms with Crippen molar-refractivity contribution in [1.82, 2.24) is 4.72 Å². The number of rotatable bonds is 4. The molecule has 0 unspecified atom stereocenters. The van der Waals surface area contributed by atoms with Crippen LogP contribution in [0.2, 0.25) is 0 Å². The standard InChI is InChI=1S/C17H19N3O2S/c1-2-13-8-9-15-16(12-13)23(21,22)20-17(19-15)18-11-10-14-6-4-3-5-7-14/h3-9,12H,2,10-11H2,1H3,(H2,18,19,20).